The SMILES string of the molecule is CN=C(NCCc1ccc2c(c1)OCO2)NCc1ccccc1CS(=O)(=O)NC(C)C. The second-order valence-corrected chi connectivity index (χ2v) is 9.34. The van der Waals surface area contributed by atoms with Crippen LogP contribution < -0.4 is 24.8 Å². The molecular weight excluding hydrogens is 416 g/mol. The van der Waals surface area contributed by atoms with Gasteiger partial charge in [-0.05, 0) is 49.1 Å². The van der Waals surface area contributed by atoms with Gasteiger partial charge in [0.15, 0.2) is 17.5 Å². The van der Waals surface area contributed by atoms with Crippen molar-refractivity contribution in [1.82, 2.24) is 15.4 Å². The summed E-state index contributed by atoms with van der Waals surface area (Å²) in [7, 11) is -1.69. The highest BCUT2D eigenvalue weighted by molar-refractivity contribution is 7.88. The zero-order valence-corrected chi connectivity index (χ0v) is 19.0. The van der Waals surface area contributed by atoms with Crippen molar-refractivity contribution < 1.29 is 17.9 Å². The zero-order chi connectivity index (χ0) is 22.3. The Morgan fingerprint density at radius 3 is 2.55 bits per heavy atom. The Balaban J connectivity index is 1.52. The van der Waals surface area contributed by atoms with Crippen molar-refractivity contribution in [3.63, 3.8) is 0 Å². The maximum absolute atomic E-state index is 12.3. The number of guanidine groups is 1. The number of sulfonamides is 1. The van der Waals surface area contributed by atoms with E-state index in [4.69, 9.17) is 9.47 Å². The van der Waals surface area contributed by atoms with Crippen LogP contribution in [0.25, 0.3) is 0 Å². The summed E-state index contributed by atoms with van der Waals surface area (Å²) in [5.41, 5.74) is 2.81. The minimum Gasteiger partial charge on any atom is -0.454 e. The summed E-state index contributed by atoms with van der Waals surface area (Å²) < 4.78 is 38.0. The Kier molecular flexibility index (Phi) is 7.75. The van der Waals surface area contributed by atoms with E-state index >= 15 is 0 Å². The van der Waals surface area contributed by atoms with Crippen molar-refractivity contribution >= 4 is 16.0 Å². The molecule has 31 heavy (non-hydrogen) atoms. The number of nitrogens with zero attached hydrogens (tertiary/aromatic N) is 1. The van der Waals surface area contributed by atoms with E-state index in [1.807, 2.05) is 56.3 Å². The van der Waals surface area contributed by atoms with Crippen LogP contribution in [0.1, 0.15) is 30.5 Å². The molecule has 3 N–H and O–H groups in total. The Hall–Kier alpha value is -2.78. The standard InChI is InChI=1S/C22H30N4O4S/c1-16(2)26-31(27,28)14-19-7-5-4-6-18(19)13-25-22(23-3)24-11-10-17-8-9-20-21(12-17)30-15-29-20/h4-9,12,16,26H,10-11,13-15H2,1-3H3,(H2,23,24,25). The van der Waals surface area contributed by atoms with Gasteiger partial charge in [-0.1, -0.05) is 30.3 Å². The van der Waals surface area contributed by atoms with Crippen LogP contribution in [-0.4, -0.2) is 40.8 Å². The molecular formula is C22H30N4O4S. The van der Waals surface area contributed by atoms with E-state index in [2.05, 4.69) is 20.3 Å². The van der Waals surface area contributed by atoms with E-state index in [1.54, 1.807) is 7.05 Å². The lowest BCUT2D eigenvalue weighted by Gasteiger charge is -2.15. The summed E-state index contributed by atoms with van der Waals surface area (Å²) in [6.07, 6.45) is 0.799. The average Bonchev–Trinajstić information content (AvgIpc) is 3.18. The van der Waals surface area contributed by atoms with Gasteiger partial charge in [0.05, 0.1) is 5.75 Å². The largest absolute Gasteiger partial charge is 0.454 e. The quantitative estimate of drug-likeness (QED) is 0.403. The highest BCUT2D eigenvalue weighted by atomic mass is 32.2. The number of aliphatic imine (C=N–C) groups is 1. The van der Waals surface area contributed by atoms with Gasteiger partial charge >= 0.3 is 0 Å². The van der Waals surface area contributed by atoms with Crippen molar-refractivity contribution in [2.75, 3.05) is 20.4 Å². The van der Waals surface area contributed by atoms with Crippen molar-refractivity contribution in [3.05, 3.63) is 59.2 Å². The van der Waals surface area contributed by atoms with Crippen LogP contribution in [0, 0.1) is 0 Å². The predicted molar refractivity (Wildman–Crippen MR) is 122 cm³/mol. The second kappa shape index (κ2) is 10.5. The Morgan fingerprint density at radius 2 is 1.81 bits per heavy atom. The topological polar surface area (TPSA) is 101 Å². The lowest BCUT2D eigenvalue weighted by molar-refractivity contribution is 0.174. The maximum atomic E-state index is 12.3. The van der Waals surface area contributed by atoms with Crippen molar-refractivity contribution in [1.29, 1.82) is 0 Å². The minimum atomic E-state index is -3.39. The van der Waals surface area contributed by atoms with Crippen molar-refractivity contribution in [2.24, 2.45) is 4.99 Å². The smallest absolute Gasteiger partial charge is 0.231 e. The summed E-state index contributed by atoms with van der Waals surface area (Å²) in [6, 6.07) is 13.3. The molecule has 0 radical (unpaired) electrons. The number of ether oxygens (including phenoxy) is 2. The number of rotatable bonds is 9. The van der Waals surface area contributed by atoms with Crippen LogP contribution >= 0.6 is 0 Å². The molecule has 1 aliphatic heterocycles. The van der Waals surface area contributed by atoms with E-state index in [0.717, 1.165) is 34.6 Å². The van der Waals surface area contributed by atoms with Crippen LogP contribution in [0.2, 0.25) is 0 Å². The lowest BCUT2D eigenvalue weighted by atomic mass is 10.1. The van der Waals surface area contributed by atoms with Gasteiger partial charge in [-0.2, -0.15) is 0 Å². The van der Waals surface area contributed by atoms with Gasteiger partial charge in [0, 0.05) is 26.2 Å². The number of benzene rings is 2. The average molecular weight is 447 g/mol. The second-order valence-electron chi connectivity index (χ2n) is 7.59. The van der Waals surface area contributed by atoms with E-state index in [0.29, 0.717) is 19.0 Å². The molecule has 0 fully saturated rings. The molecule has 1 aliphatic rings. The predicted octanol–water partition coefficient (Wildman–Crippen LogP) is 2.15. The zero-order valence-electron chi connectivity index (χ0n) is 18.1. The molecule has 0 aromatic heterocycles. The van der Waals surface area contributed by atoms with Crippen LogP contribution in [0.4, 0.5) is 0 Å². The summed E-state index contributed by atoms with van der Waals surface area (Å²) in [4.78, 5) is 4.25. The minimum absolute atomic E-state index is 0.0564. The third kappa shape index (κ3) is 6.86. The number of fused-ring (bicyclic) bond motifs is 1. The molecule has 168 valence electrons. The molecule has 0 saturated heterocycles. The van der Waals surface area contributed by atoms with Gasteiger partial charge in [-0.3, -0.25) is 4.99 Å². The summed E-state index contributed by atoms with van der Waals surface area (Å²) in [5.74, 6) is 2.15. The normalized spacial score (nSPS) is 13.5. The molecule has 0 unspecified atom stereocenters. The van der Waals surface area contributed by atoms with Gasteiger partial charge in [0.25, 0.3) is 0 Å². The number of nitrogens with one attached hydrogen (secondary N) is 3. The van der Waals surface area contributed by atoms with Crippen molar-refractivity contribution in [3.8, 4) is 11.5 Å². The van der Waals surface area contributed by atoms with Gasteiger partial charge in [-0.25, -0.2) is 13.1 Å². The molecule has 0 atom stereocenters. The number of hydrogen-bond donors (Lipinski definition) is 3. The molecule has 0 aliphatic carbocycles. The Bertz CT molecular complexity index is 1020. The molecule has 2 aromatic carbocycles. The Morgan fingerprint density at radius 1 is 1.06 bits per heavy atom. The molecule has 1 heterocycles. The van der Waals surface area contributed by atoms with Gasteiger partial charge < -0.3 is 20.1 Å². The lowest BCUT2D eigenvalue weighted by Crippen LogP contribution is -2.38. The summed E-state index contributed by atoms with van der Waals surface area (Å²) >= 11 is 0. The van der Waals surface area contributed by atoms with Gasteiger partial charge in [0.1, 0.15) is 0 Å². The van der Waals surface area contributed by atoms with Crippen LogP contribution in [0.5, 0.6) is 11.5 Å². The van der Waals surface area contributed by atoms with Crippen LogP contribution in [-0.2, 0) is 28.7 Å². The third-order valence-electron chi connectivity index (χ3n) is 4.69. The highest BCUT2D eigenvalue weighted by Crippen LogP contribution is 2.32. The van der Waals surface area contributed by atoms with Crippen molar-refractivity contribution in [2.45, 2.75) is 38.6 Å². The highest BCUT2D eigenvalue weighted by Gasteiger charge is 2.16. The monoisotopic (exact) mass is 446 g/mol. The van der Waals surface area contributed by atoms with Gasteiger partial charge in [0.2, 0.25) is 16.8 Å². The molecule has 0 amide bonds. The molecule has 0 spiro atoms. The first-order valence-electron chi connectivity index (χ1n) is 10.3. The summed E-state index contributed by atoms with van der Waals surface area (Å²) in [5, 5.41) is 6.55. The Labute approximate surface area is 184 Å². The molecule has 0 bridgehead atoms. The van der Waals surface area contributed by atoms with Gasteiger partial charge in [-0.15, -0.1) is 0 Å². The first-order valence-corrected chi connectivity index (χ1v) is 11.9. The van der Waals surface area contributed by atoms with Crippen LogP contribution in [0.15, 0.2) is 47.5 Å². The number of hydrogen-bond acceptors (Lipinski definition) is 5. The fraction of sp³-hybridized carbons (Fsp3) is 0.409. The first-order chi connectivity index (χ1) is 14.9. The molecule has 3 rings (SSSR count). The van der Waals surface area contributed by atoms with E-state index in [9.17, 15) is 8.42 Å². The fourth-order valence-electron chi connectivity index (χ4n) is 3.30. The first kappa shape index (κ1) is 22.9. The molecule has 2 aromatic rings. The van der Waals surface area contributed by atoms with E-state index < -0.39 is 10.0 Å². The maximum Gasteiger partial charge on any atom is 0.231 e. The summed E-state index contributed by atoms with van der Waals surface area (Å²) in [6.45, 7) is 5.04. The molecule has 9 heteroatoms. The molecule has 0 saturated carbocycles. The molecule has 8 nitrogen and oxygen atoms in total. The van der Waals surface area contributed by atoms with E-state index in [-0.39, 0.29) is 18.6 Å². The van der Waals surface area contributed by atoms with Crippen LogP contribution in [0.3, 0.4) is 0 Å². The van der Waals surface area contributed by atoms with E-state index in [1.165, 1.54) is 0 Å². The third-order valence-corrected chi connectivity index (χ3v) is 6.21. The fourth-order valence-corrected chi connectivity index (χ4v) is 4.79.